The van der Waals surface area contributed by atoms with Crippen LogP contribution in [0, 0.1) is 0 Å². The van der Waals surface area contributed by atoms with Gasteiger partial charge < -0.3 is 15.1 Å². The molecule has 0 saturated carbocycles. The zero-order valence-electron chi connectivity index (χ0n) is 16.0. The number of nitrogens with zero attached hydrogens (tertiary/aromatic N) is 2. The Bertz CT molecular complexity index is 1280. The Labute approximate surface area is 186 Å². The van der Waals surface area contributed by atoms with Gasteiger partial charge in [0.2, 0.25) is 5.91 Å². The topological polar surface area (TPSA) is 89.2 Å². The summed E-state index contributed by atoms with van der Waals surface area (Å²) in [5, 5.41) is 10.8. The number of hydrogen-bond donors (Lipinski definition) is 2. The number of carbonyl (C=O) groups excluding carboxylic acids is 2. The van der Waals surface area contributed by atoms with Crippen LogP contribution < -0.4 is 10.6 Å². The zero-order valence-corrected chi connectivity index (χ0v) is 17.5. The third kappa shape index (κ3) is 3.95. The van der Waals surface area contributed by atoms with Gasteiger partial charge in [-0.15, -0.1) is 11.8 Å². The van der Waals surface area contributed by atoms with Gasteiger partial charge >= 0.3 is 0 Å². The standard InChI is InChI=1S/C22H15ClN4O3S/c23-13-3-6-15(7-4-13)27-18(19-2-1-9-30-19)11-17(26-27)22(29)24-14-5-8-20-16(10-14)25-21(28)12-31-20/h1-11H,12H2,(H,24,29)(H,25,28). The van der Waals surface area contributed by atoms with Crippen LogP contribution in [-0.4, -0.2) is 27.3 Å². The lowest BCUT2D eigenvalue weighted by Gasteiger charge is -2.17. The molecule has 154 valence electrons. The van der Waals surface area contributed by atoms with Crippen molar-refractivity contribution in [3.63, 3.8) is 0 Å². The number of hydrogen-bond acceptors (Lipinski definition) is 5. The molecule has 0 fully saturated rings. The van der Waals surface area contributed by atoms with E-state index in [1.165, 1.54) is 11.8 Å². The first-order valence-electron chi connectivity index (χ1n) is 9.35. The molecule has 2 N–H and O–H groups in total. The van der Waals surface area contributed by atoms with E-state index in [1.807, 2.05) is 18.2 Å². The molecule has 9 heteroatoms. The van der Waals surface area contributed by atoms with Crippen molar-refractivity contribution < 1.29 is 14.0 Å². The Morgan fingerprint density at radius 1 is 1.16 bits per heavy atom. The Morgan fingerprint density at radius 2 is 2.00 bits per heavy atom. The average Bonchev–Trinajstić information content (AvgIpc) is 3.44. The largest absolute Gasteiger partial charge is 0.463 e. The number of aromatic nitrogens is 2. The Morgan fingerprint density at radius 3 is 2.77 bits per heavy atom. The number of carbonyl (C=O) groups is 2. The Hall–Kier alpha value is -3.49. The summed E-state index contributed by atoms with van der Waals surface area (Å²) in [5.41, 5.74) is 2.83. The number of furan rings is 1. The van der Waals surface area contributed by atoms with Gasteiger partial charge in [0.05, 0.1) is 23.4 Å². The van der Waals surface area contributed by atoms with E-state index in [9.17, 15) is 9.59 Å². The summed E-state index contributed by atoms with van der Waals surface area (Å²) in [5.74, 6) is 0.521. The van der Waals surface area contributed by atoms with Crippen molar-refractivity contribution in [3.05, 3.63) is 77.6 Å². The Balaban J connectivity index is 1.47. The minimum absolute atomic E-state index is 0.0641. The van der Waals surface area contributed by atoms with Gasteiger partial charge in [-0.05, 0) is 54.6 Å². The van der Waals surface area contributed by atoms with Crippen molar-refractivity contribution in [3.8, 4) is 17.1 Å². The average molecular weight is 451 g/mol. The lowest BCUT2D eigenvalue weighted by atomic mass is 10.2. The lowest BCUT2D eigenvalue weighted by Crippen LogP contribution is -2.19. The summed E-state index contributed by atoms with van der Waals surface area (Å²) >= 11 is 7.47. The summed E-state index contributed by atoms with van der Waals surface area (Å²) in [6, 6.07) is 17.8. The molecular formula is C22H15ClN4O3S. The van der Waals surface area contributed by atoms with E-state index in [-0.39, 0.29) is 17.5 Å². The van der Waals surface area contributed by atoms with E-state index in [0.29, 0.717) is 33.6 Å². The highest BCUT2D eigenvalue weighted by Gasteiger charge is 2.20. The van der Waals surface area contributed by atoms with E-state index in [1.54, 1.807) is 53.4 Å². The van der Waals surface area contributed by atoms with Crippen LogP contribution in [0.5, 0.6) is 0 Å². The maximum atomic E-state index is 12.9. The predicted octanol–water partition coefficient (Wildman–Crippen LogP) is 5.08. The smallest absolute Gasteiger partial charge is 0.276 e. The van der Waals surface area contributed by atoms with E-state index in [4.69, 9.17) is 16.0 Å². The minimum Gasteiger partial charge on any atom is -0.463 e. The number of rotatable bonds is 4. The van der Waals surface area contributed by atoms with Crippen molar-refractivity contribution in [1.29, 1.82) is 0 Å². The number of thioether (sulfide) groups is 1. The van der Waals surface area contributed by atoms with Gasteiger partial charge in [0, 0.05) is 21.7 Å². The monoisotopic (exact) mass is 450 g/mol. The van der Waals surface area contributed by atoms with Gasteiger partial charge in [0.15, 0.2) is 11.5 Å². The zero-order chi connectivity index (χ0) is 21.4. The first-order chi connectivity index (χ1) is 15.1. The quantitative estimate of drug-likeness (QED) is 0.452. The van der Waals surface area contributed by atoms with E-state index >= 15 is 0 Å². The molecule has 2 aromatic carbocycles. The first-order valence-corrected chi connectivity index (χ1v) is 10.7. The van der Waals surface area contributed by atoms with Crippen molar-refractivity contribution in [2.75, 3.05) is 16.4 Å². The van der Waals surface area contributed by atoms with Crippen LogP contribution in [0.4, 0.5) is 11.4 Å². The molecule has 1 aliphatic rings. The normalized spacial score (nSPS) is 12.9. The number of amides is 2. The fraction of sp³-hybridized carbons (Fsp3) is 0.0455. The van der Waals surface area contributed by atoms with Gasteiger partial charge in [-0.25, -0.2) is 4.68 Å². The molecule has 0 aliphatic carbocycles. The molecule has 5 rings (SSSR count). The van der Waals surface area contributed by atoms with E-state index in [2.05, 4.69) is 15.7 Å². The number of benzene rings is 2. The van der Waals surface area contributed by atoms with Crippen molar-refractivity contribution >= 4 is 46.6 Å². The van der Waals surface area contributed by atoms with Gasteiger partial charge in [0.1, 0.15) is 5.69 Å². The van der Waals surface area contributed by atoms with Gasteiger partial charge in [-0.3, -0.25) is 9.59 Å². The summed E-state index contributed by atoms with van der Waals surface area (Å²) in [6.45, 7) is 0. The molecule has 1 aliphatic heterocycles. The number of halogens is 1. The maximum Gasteiger partial charge on any atom is 0.276 e. The minimum atomic E-state index is -0.379. The second-order valence-corrected chi connectivity index (χ2v) is 8.24. The highest BCUT2D eigenvalue weighted by Crippen LogP contribution is 2.33. The molecule has 0 bridgehead atoms. The van der Waals surface area contributed by atoms with Crippen LogP contribution in [-0.2, 0) is 4.79 Å². The lowest BCUT2D eigenvalue weighted by molar-refractivity contribution is -0.113. The molecule has 0 spiro atoms. The van der Waals surface area contributed by atoms with Crippen LogP contribution in [0.15, 0.2) is 76.2 Å². The van der Waals surface area contributed by atoms with Crippen LogP contribution in [0.3, 0.4) is 0 Å². The fourth-order valence-corrected chi connectivity index (χ4v) is 4.14. The van der Waals surface area contributed by atoms with Gasteiger partial charge in [-0.1, -0.05) is 11.6 Å². The SMILES string of the molecule is O=C1CSc2ccc(NC(=O)c3cc(-c4ccco4)n(-c4ccc(Cl)cc4)n3)cc2N1. The third-order valence-corrected chi connectivity index (χ3v) is 5.98. The molecule has 0 radical (unpaired) electrons. The van der Waals surface area contributed by atoms with E-state index in [0.717, 1.165) is 10.6 Å². The summed E-state index contributed by atoms with van der Waals surface area (Å²) in [7, 11) is 0. The Kier molecular flexibility index (Phi) is 5.01. The predicted molar refractivity (Wildman–Crippen MR) is 120 cm³/mol. The fourth-order valence-electron chi connectivity index (χ4n) is 3.23. The van der Waals surface area contributed by atoms with Gasteiger partial charge in [-0.2, -0.15) is 5.10 Å². The summed E-state index contributed by atoms with van der Waals surface area (Å²) in [6.07, 6.45) is 1.56. The van der Waals surface area contributed by atoms with Crippen LogP contribution in [0.25, 0.3) is 17.1 Å². The van der Waals surface area contributed by atoms with Crippen LogP contribution in [0.1, 0.15) is 10.5 Å². The molecule has 7 nitrogen and oxygen atoms in total. The molecule has 31 heavy (non-hydrogen) atoms. The molecule has 4 aromatic rings. The molecular weight excluding hydrogens is 436 g/mol. The highest BCUT2D eigenvalue weighted by molar-refractivity contribution is 8.00. The second-order valence-electron chi connectivity index (χ2n) is 6.78. The maximum absolute atomic E-state index is 12.9. The molecule has 3 heterocycles. The number of anilines is 2. The molecule has 0 unspecified atom stereocenters. The number of fused-ring (bicyclic) bond motifs is 1. The first kappa shape index (κ1) is 19.5. The van der Waals surface area contributed by atoms with Crippen molar-refractivity contribution in [2.24, 2.45) is 0 Å². The highest BCUT2D eigenvalue weighted by atomic mass is 35.5. The molecule has 0 atom stereocenters. The summed E-state index contributed by atoms with van der Waals surface area (Å²) in [4.78, 5) is 25.5. The van der Waals surface area contributed by atoms with Crippen LogP contribution in [0.2, 0.25) is 5.02 Å². The summed E-state index contributed by atoms with van der Waals surface area (Å²) < 4.78 is 7.16. The van der Waals surface area contributed by atoms with Crippen molar-refractivity contribution in [1.82, 2.24) is 9.78 Å². The van der Waals surface area contributed by atoms with Crippen molar-refractivity contribution in [2.45, 2.75) is 4.90 Å². The van der Waals surface area contributed by atoms with E-state index < -0.39 is 0 Å². The number of nitrogens with one attached hydrogen (secondary N) is 2. The second kappa shape index (κ2) is 7.98. The van der Waals surface area contributed by atoms with Gasteiger partial charge in [0.25, 0.3) is 5.91 Å². The van der Waals surface area contributed by atoms with Crippen LogP contribution >= 0.6 is 23.4 Å². The molecule has 2 amide bonds. The third-order valence-electron chi connectivity index (χ3n) is 4.66. The molecule has 0 saturated heterocycles. The molecule has 2 aromatic heterocycles.